The molecule has 5 aromatic rings. The molecule has 9 heteroatoms. The van der Waals surface area contributed by atoms with Gasteiger partial charge in [0.05, 0.1) is 16.8 Å². The maximum Gasteiger partial charge on any atom is 0.267 e. The fourth-order valence-electron chi connectivity index (χ4n) is 3.37. The minimum atomic E-state index is -0.221. The molecule has 1 aromatic carbocycles. The summed E-state index contributed by atoms with van der Waals surface area (Å²) in [6.45, 7) is 3.83. The van der Waals surface area contributed by atoms with Crippen LogP contribution in [0.4, 0.5) is 5.13 Å². The van der Waals surface area contributed by atoms with Crippen molar-refractivity contribution in [1.29, 1.82) is 0 Å². The molecule has 0 fully saturated rings. The Hall–Kier alpha value is -3.43. The first kappa shape index (κ1) is 19.5. The Morgan fingerprint density at radius 1 is 1.03 bits per heavy atom. The summed E-state index contributed by atoms with van der Waals surface area (Å²) in [5.74, 6) is 0.890. The van der Waals surface area contributed by atoms with Gasteiger partial charge in [-0.05, 0) is 37.1 Å². The number of nitrogens with zero attached hydrogens (tertiary/aromatic N) is 4. The van der Waals surface area contributed by atoms with Crippen LogP contribution in [0.3, 0.4) is 0 Å². The van der Waals surface area contributed by atoms with Crippen LogP contribution in [-0.4, -0.2) is 26.1 Å². The minimum Gasteiger partial charge on any atom is -0.461 e. The van der Waals surface area contributed by atoms with E-state index in [1.807, 2.05) is 50.2 Å². The van der Waals surface area contributed by atoms with E-state index in [9.17, 15) is 4.79 Å². The van der Waals surface area contributed by atoms with Gasteiger partial charge in [-0.25, -0.2) is 9.97 Å². The SMILES string of the molecule is Cc1nc(-c2ccco2)nc2sc(C(=O)Nc3nnc(Cc4ccccc4)s3)c(C)c12. The zero-order valence-electron chi connectivity index (χ0n) is 16.7. The highest BCUT2D eigenvalue weighted by Crippen LogP contribution is 2.33. The second-order valence-corrected chi connectivity index (χ2v) is 9.02. The van der Waals surface area contributed by atoms with Gasteiger partial charge < -0.3 is 4.42 Å². The van der Waals surface area contributed by atoms with Gasteiger partial charge in [0.15, 0.2) is 11.6 Å². The molecular formula is C22H17N5O2S2. The van der Waals surface area contributed by atoms with Crippen molar-refractivity contribution < 1.29 is 9.21 Å². The van der Waals surface area contributed by atoms with E-state index in [0.717, 1.165) is 32.0 Å². The summed E-state index contributed by atoms with van der Waals surface area (Å²) in [4.78, 5) is 23.5. The number of aromatic nitrogens is 4. The van der Waals surface area contributed by atoms with Crippen LogP contribution >= 0.6 is 22.7 Å². The van der Waals surface area contributed by atoms with E-state index in [4.69, 9.17) is 4.42 Å². The molecule has 0 aliphatic heterocycles. The lowest BCUT2D eigenvalue weighted by Gasteiger charge is -2.01. The first-order valence-corrected chi connectivity index (χ1v) is 11.2. The second kappa shape index (κ2) is 8.01. The van der Waals surface area contributed by atoms with Crippen LogP contribution in [0.2, 0.25) is 0 Å². The van der Waals surface area contributed by atoms with E-state index in [-0.39, 0.29) is 5.91 Å². The first-order valence-electron chi connectivity index (χ1n) is 9.58. The normalized spacial score (nSPS) is 11.2. The summed E-state index contributed by atoms with van der Waals surface area (Å²) < 4.78 is 5.42. The highest BCUT2D eigenvalue weighted by Gasteiger charge is 2.21. The molecule has 154 valence electrons. The lowest BCUT2D eigenvalue weighted by atomic mass is 10.1. The fraction of sp³-hybridized carbons (Fsp3) is 0.136. The molecular weight excluding hydrogens is 430 g/mol. The van der Waals surface area contributed by atoms with Gasteiger partial charge in [0, 0.05) is 11.8 Å². The van der Waals surface area contributed by atoms with Crippen LogP contribution in [0.1, 0.15) is 31.5 Å². The molecule has 4 aromatic heterocycles. The topological polar surface area (TPSA) is 93.8 Å². The molecule has 7 nitrogen and oxygen atoms in total. The molecule has 0 unspecified atom stereocenters. The smallest absolute Gasteiger partial charge is 0.267 e. The molecule has 0 bridgehead atoms. The minimum absolute atomic E-state index is 0.221. The summed E-state index contributed by atoms with van der Waals surface area (Å²) in [6, 6.07) is 13.7. The molecule has 0 saturated heterocycles. The van der Waals surface area contributed by atoms with E-state index in [0.29, 0.717) is 28.0 Å². The van der Waals surface area contributed by atoms with Crippen LogP contribution in [-0.2, 0) is 6.42 Å². The molecule has 1 N–H and O–H groups in total. The number of hydrogen-bond acceptors (Lipinski definition) is 8. The lowest BCUT2D eigenvalue weighted by Crippen LogP contribution is -2.11. The molecule has 31 heavy (non-hydrogen) atoms. The first-order chi connectivity index (χ1) is 15.1. The molecule has 0 saturated carbocycles. The third kappa shape index (κ3) is 3.85. The summed E-state index contributed by atoms with van der Waals surface area (Å²) in [5, 5.41) is 13.4. The zero-order valence-corrected chi connectivity index (χ0v) is 18.4. The van der Waals surface area contributed by atoms with Crippen LogP contribution in [0, 0.1) is 13.8 Å². The largest absolute Gasteiger partial charge is 0.461 e. The number of carbonyl (C=O) groups excluding carboxylic acids is 1. The maximum absolute atomic E-state index is 13.0. The van der Waals surface area contributed by atoms with Gasteiger partial charge in [-0.15, -0.1) is 21.5 Å². The van der Waals surface area contributed by atoms with E-state index in [2.05, 4.69) is 25.5 Å². The summed E-state index contributed by atoms with van der Waals surface area (Å²) >= 11 is 2.72. The van der Waals surface area contributed by atoms with Gasteiger partial charge in [-0.3, -0.25) is 10.1 Å². The van der Waals surface area contributed by atoms with E-state index in [1.165, 1.54) is 22.7 Å². The molecule has 0 atom stereocenters. The van der Waals surface area contributed by atoms with E-state index in [1.54, 1.807) is 12.3 Å². The Bertz CT molecular complexity index is 1370. The molecule has 0 spiro atoms. The third-order valence-corrected chi connectivity index (χ3v) is 6.83. The average molecular weight is 448 g/mol. The number of hydrogen-bond donors (Lipinski definition) is 1. The van der Waals surface area contributed by atoms with E-state index < -0.39 is 0 Å². The van der Waals surface area contributed by atoms with Gasteiger partial charge in [0.25, 0.3) is 5.91 Å². The quantitative estimate of drug-likeness (QED) is 0.395. The monoisotopic (exact) mass is 447 g/mol. The molecule has 5 rings (SSSR count). The van der Waals surface area contributed by atoms with Crippen LogP contribution in [0.15, 0.2) is 53.1 Å². The zero-order chi connectivity index (χ0) is 21.4. The van der Waals surface area contributed by atoms with Gasteiger partial charge in [-0.2, -0.15) is 0 Å². The number of thiophene rings is 1. The Kier molecular flexibility index (Phi) is 5.05. The standard InChI is InChI=1S/C22H17N5O2S2/c1-12-17-13(2)23-19(15-9-6-10-29-15)24-21(17)31-18(12)20(28)25-22-27-26-16(30-22)11-14-7-4-3-5-8-14/h3-10H,11H2,1-2H3,(H,25,27,28). The van der Waals surface area contributed by atoms with Crippen LogP contribution in [0.5, 0.6) is 0 Å². The van der Waals surface area contributed by atoms with Crippen LogP contribution in [0.25, 0.3) is 21.8 Å². The summed E-state index contributed by atoms with van der Waals surface area (Å²) in [7, 11) is 0. The van der Waals surface area contributed by atoms with Crippen LogP contribution < -0.4 is 5.32 Å². The number of benzene rings is 1. The van der Waals surface area contributed by atoms with Gasteiger partial charge in [0.1, 0.15) is 9.84 Å². The third-order valence-electron chi connectivity index (χ3n) is 4.80. The second-order valence-electron chi connectivity index (χ2n) is 6.96. The predicted octanol–water partition coefficient (Wildman–Crippen LogP) is 5.26. The molecule has 0 aliphatic carbocycles. The number of rotatable bonds is 5. The van der Waals surface area contributed by atoms with Crippen molar-refractivity contribution >= 4 is 43.9 Å². The number of anilines is 1. The molecule has 0 radical (unpaired) electrons. The predicted molar refractivity (Wildman–Crippen MR) is 122 cm³/mol. The average Bonchev–Trinajstić information content (AvgIpc) is 3.50. The number of fused-ring (bicyclic) bond motifs is 1. The van der Waals surface area contributed by atoms with Crippen molar-refractivity contribution in [3.05, 3.63) is 75.4 Å². The number of amides is 1. The fourth-order valence-corrected chi connectivity index (χ4v) is 5.27. The van der Waals surface area contributed by atoms with Gasteiger partial charge in [-0.1, -0.05) is 41.7 Å². The summed E-state index contributed by atoms with van der Waals surface area (Å²) in [5.41, 5.74) is 2.82. The van der Waals surface area contributed by atoms with Gasteiger partial charge in [0.2, 0.25) is 5.13 Å². The Balaban J connectivity index is 1.40. The van der Waals surface area contributed by atoms with Crippen molar-refractivity contribution in [3.8, 4) is 11.6 Å². The summed E-state index contributed by atoms with van der Waals surface area (Å²) in [6.07, 6.45) is 2.27. The molecule has 0 aliphatic rings. The Labute approximate surface area is 185 Å². The number of aryl methyl sites for hydroxylation is 2. The van der Waals surface area contributed by atoms with Crippen molar-refractivity contribution in [2.75, 3.05) is 5.32 Å². The molecule has 1 amide bonds. The van der Waals surface area contributed by atoms with Crippen molar-refractivity contribution in [1.82, 2.24) is 20.2 Å². The highest BCUT2D eigenvalue weighted by molar-refractivity contribution is 7.21. The maximum atomic E-state index is 13.0. The lowest BCUT2D eigenvalue weighted by molar-refractivity contribution is 0.103. The number of nitrogens with one attached hydrogen (secondary N) is 1. The van der Waals surface area contributed by atoms with Crippen molar-refractivity contribution in [2.24, 2.45) is 0 Å². The van der Waals surface area contributed by atoms with Crippen molar-refractivity contribution in [3.63, 3.8) is 0 Å². The Morgan fingerprint density at radius 3 is 2.65 bits per heavy atom. The highest BCUT2D eigenvalue weighted by atomic mass is 32.1. The number of carbonyl (C=O) groups is 1. The molecule has 4 heterocycles. The van der Waals surface area contributed by atoms with Gasteiger partial charge >= 0.3 is 0 Å². The Morgan fingerprint density at radius 2 is 1.87 bits per heavy atom. The van der Waals surface area contributed by atoms with E-state index >= 15 is 0 Å². The van der Waals surface area contributed by atoms with Crippen molar-refractivity contribution in [2.45, 2.75) is 20.3 Å². The number of furan rings is 1.